The van der Waals surface area contributed by atoms with E-state index < -0.39 is 10.0 Å². The Hall–Kier alpha value is -2.22. The van der Waals surface area contributed by atoms with Gasteiger partial charge in [-0.3, -0.25) is 9.40 Å². The topological polar surface area (TPSA) is 82.5 Å². The van der Waals surface area contributed by atoms with Crippen LogP contribution < -0.4 is 14.2 Å². The second-order valence-electron chi connectivity index (χ2n) is 5.43. The number of aryl methyl sites for hydroxylation is 2. The molecular formula is C15H19N3O4S. The van der Waals surface area contributed by atoms with Crippen LogP contribution in [0, 0.1) is 13.8 Å². The fourth-order valence-electron chi connectivity index (χ4n) is 2.43. The summed E-state index contributed by atoms with van der Waals surface area (Å²) in [6.07, 6.45) is 0.767. The lowest BCUT2D eigenvalue weighted by molar-refractivity contribution is 0.297. The maximum absolute atomic E-state index is 12.6. The predicted octanol–water partition coefficient (Wildman–Crippen LogP) is 2.00. The molecule has 0 unspecified atom stereocenters. The van der Waals surface area contributed by atoms with E-state index in [1.165, 1.54) is 12.1 Å². The highest BCUT2D eigenvalue weighted by Crippen LogP contribution is 2.33. The van der Waals surface area contributed by atoms with Crippen LogP contribution in [0.1, 0.15) is 17.8 Å². The fraction of sp³-hybridized carbons (Fsp3) is 0.400. The van der Waals surface area contributed by atoms with Crippen LogP contribution in [-0.4, -0.2) is 31.4 Å². The maximum Gasteiger partial charge on any atom is 0.262 e. The van der Waals surface area contributed by atoms with Gasteiger partial charge in [-0.25, -0.2) is 8.42 Å². The molecule has 1 aliphatic rings. The summed E-state index contributed by atoms with van der Waals surface area (Å²) < 4.78 is 40.6. The summed E-state index contributed by atoms with van der Waals surface area (Å²) in [6.45, 7) is 4.64. The smallest absolute Gasteiger partial charge is 0.262 e. The number of sulfonamides is 1. The SMILES string of the molecule is Cc1nn(C)c(C)c1NS(=O)(=O)c1ccc2c(c1)OCCCO2. The Kier molecular flexibility index (Phi) is 3.93. The zero-order valence-corrected chi connectivity index (χ0v) is 14.1. The Labute approximate surface area is 135 Å². The number of fused-ring (bicyclic) bond motifs is 1. The van der Waals surface area contributed by atoms with Gasteiger partial charge in [0.05, 0.1) is 35.2 Å². The van der Waals surface area contributed by atoms with Crippen molar-refractivity contribution in [1.29, 1.82) is 0 Å². The number of ether oxygens (including phenoxy) is 2. The first-order valence-electron chi connectivity index (χ1n) is 7.31. The molecule has 23 heavy (non-hydrogen) atoms. The molecule has 0 atom stereocenters. The lowest BCUT2D eigenvalue weighted by atomic mass is 10.3. The lowest BCUT2D eigenvalue weighted by Gasteiger charge is -2.11. The summed E-state index contributed by atoms with van der Waals surface area (Å²) in [7, 11) is -1.96. The summed E-state index contributed by atoms with van der Waals surface area (Å²) in [5, 5.41) is 4.22. The average Bonchev–Trinajstić information content (AvgIpc) is 2.72. The molecule has 2 heterocycles. The van der Waals surface area contributed by atoms with Gasteiger partial charge >= 0.3 is 0 Å². The molecule has 8 heteroatoms. The molecule has 124 valence electrons. The molecule has 0 saturated heterocycles. The Bertz CT molecular complexity index is 843. The van der Waals surface area contributed by atoms with Gasteiger partial charge in [0.2, 0.25) is 0 Å². The van der Waals surface area contributed by atoms with E-state index in [1.807, 2.05) is 6.92 Å². The number of rotatable bonds is 3. The highest BCUT2D eigenvalue weighted by molar-refractivity contribution is 7.92. The number of nitrogens with one attached hydrogen (secondary N) is 1. The van der Waals surface area contributed by atoms with E-state index in [4.69, 9.17) is 9.47 Å². The van der Waals surface area contributed by atoms with E-state index in [2.05, 4.69) is 9.82 Å². The molecular weight excluding hydrogens is 318 g/mol. The zero-order valence-electron chi connectivity index (χ0n) is 13.3. The molecule has 0 fully saturated rings. The van der Waals surface area contributed by atoms with Crippen molar-refractivity contribution in [3.8, 4) is 11.5 Å². The Balaban J connectivity index is 1.95. The van der Waals surface area contributed by atoms with Crippen molar-refractivity contribution in [2.24, 2.45) is 7.05 Å². The first-order valence-corrected chi connectivity index (χ1v) is 8.79. The second-order valence-corrected chi connectivity index (χ2v) is 7.12. The van der Waals surface area contributed by atoms with Crippen molar-refractivity contribution in [3.05, 3.63) is 29.6 Å². The molecule has 7 nitrogen and oxygen atoms in total. The molecule has 0 saturated carbocycles. The van der Waals surface area contributed by atoms with Crippen LogP contribution in [0.15, 0.2) is 23.1 Å². The number of anilines is 1. The minimum atomic E-state index is -3.73. The highest BCUT2D eigenvalue weighted by atomic mass is 32.2. The van der Waals surface area contributed by atoms with Gasteiger partial charge in [0.1, 0.15) is 0 Å². The number of benzene rings is 1. The minimum absolute atomic E-state index is 0.129. The number of hydrogen-bond donors (Lipinski definition) is 1. The van der Waals surface area contributed by atoms with E-state index in [0.29, 0.717) is 36.1 Å². The number of aromatic nitrogens is 2. The molecule has 3 rings (SSSR count). The Morgan fingerprint density at radius 3 is 2.52 bits per heavy atom. The van der Waals surface area contributed by atoms with Crippen LogP contribution in [-0.2, 0) is 17.1 Å². The van der Waals surface area contributed by atoms with E-state index in [-0.39, 0.29) is 4.90 Å². The summed E-state index contributed by atoms with van der Waals surface area (Å²) >= 11 is 0. The molecule has 0 aliphatic carbocycles. The van der Waals surface area contributed by atoms with Gasteiger partial charge in [-0.15, -0.1) is 0 Å². The second kappa shape index (κ2) is 5.77. The minimum Gasteiger partial charge on any atom is -0.490 e. The van der Waals surface area contributed by atoms with Crippen LogP contribution in [0.2, 0.25) is 0 Å². The third kappa shape index (κ3) is 2.98. The van der Waals surface area contributed by atoms with Crippen LogP contribution in [0.4, 0.5) is 5.69 Å². The van der Waals surface area contributed by atoms with Gasteiger partial charge < -0.3 is 9.47 Å². The van der Waals surface area contributed by atoms with Gasteiger partial charge in [-0.2, -0.15) is 5.10 Å². The molecule has 0 bridgehead atoms. The zero-order chi connectivity index (χ0) is 16.6. The summed E-state index contributed by atoms with van der Waals surface area (Å²) in [5.41, 5.74) is 1.88. The largest absolute Gasteiger partial charge is 0.490 e. The highest BCUT2D eigenvalue weighted by Gasteiger charge is 2.21. The summed E-state index contributed by atoms with van der Waals surface area (Å²) in [6, 6.07) is 4.62. The van der Waals surface area contributed by atoms with E-state index in [0.717, 1.165) is 12.1 Å². The van der Waals surface area contributed by atoms with E-state index >= 15 is 0 Å². The molecule has 1 N–H and O–H groups in total. The van der Waals surface area contributed by atoms with Gasteiger partial charge in [0.15, 0.2) is 11.5 Å². The molecule has 0 radical (unpaired) electrons. The molecule has 1 aliphatic heterocycles. The quantitative estimate of drug-likeness (QED) is 0.926. The molecule has 1 aromatic carbocycles. The fourth-order valence-corrected chi connectivity index (χ4v) is 3.62. The van der Waals surface area contributed by atoms with Gasteiger partial charge in [0.25, 0.3) is 10.0 Å². The van der Waals surface area contributed by atoms with Crippen LogP contribution in [0.25, 0.3) is 0 Å². The van der Waals surface area contributed by atoms with Crippen molar-refractivity contribution in [2.45, 2.75) is 25.2 Å². The van der Waals surface area contributed by atoms with Crippen molar-refractivity contribution >= 4 is 15.7 Å². The summed E-state index contributed by atoms with van der Waals surface area (Å²) in [4.78, 5) is 0.129. The van der Waals surface area contributed by atoms with Crippen molar-refractivity contribution in [3.63, 3.8) is 0 Å². The van der Waals surface area contributed by atoms with Crippen molar-refractivity contribution in [1.82, 2.24) is 9.78 Å². The normalized spacial score (nSPS) is 14.4. The third-order valence-corrected chi connectivity index (χ3v) is 5.12. The van der Waals surface area contributed by atoms with Gasteiger partial charge in [0, 0.05) is 19.5 Å². The first-order chi connectivity index (χ1) is 10.9. The lowest BCUT2D eigenvalue weighted by Crippen LogP contribution is -2.14. The number of nitrogens with zero attached hydrogens (tertiary/aromatic N) is 2. The van der Waals surface area contributed by atoms with Crippen molar-refractivity contribution < 1.29 is 17.9 Å². The molecule has 2 aromatic rings. The van der Waals surface area contributed by atoms with Gasteiger partial charge in [-0.05, 0) is 26.0 Å². The van der Waals surface area contributed by atoms with E-state index in [1.54, 1.807) is 24.7 Å². The average molecular weight is 337 g/mol. The molecule has 0 amide bonds. The van der Waals surface area contributed by atoms with Crippen molar-refractivity contribution in [2.75, 3.05) is 17.9 Å². The Morgan fingerprint density at radius 1 is 1.17 bits per heavy atom. The number of hydrogen-bond acceptors (Lipinski definition) is 5. The predicted molar refractivity (Wildman–Crippen MR) is 85.5 cm³/mol. The first kappa shape index (κ1) is 15.7. The third-order valence-electron chi connectivity index (χ3n) is 3.77. The Morgan fingerprint density at radius 2 is 1.87 bits per heavy atom. The monoisotopic (exact) mass is 337 g/mol. The standard InChI is InChI=1S/C15H19N3O4S/c1-10-15(11(2)18(3)16-10)17-23(19,20)12-5-6-13-14(9-12)22-8-4-7-21-13/h5-6,9,17H,4,7-8H2,1-3H3. The molecule has 0 spiro atoms. The summed E-state index contributed by atoms with van der Waals surface area (Å²) in [5.74, 6) is 1.01. The van der Waals surface area contributed by atoms with E-state index in [9.17, 15) is 8.42 Å². The van der Waals surface area contributed by atoms with Crippen LogP contribution in [0.3, 0.4) is 0 Å². The van der Waals surface area contributed by atoms with Gasteiger partial charge in [-0.1, -0.05) is 0 Å². The van der Waals surface area contributed by atoms with Crippen LogP contribution in [0.5, 0.6) is 11.5 Å². The maximum atomic E-state index is 12.6. The molecule has 1 aromatic heterocycles. The van der Waals surface area contributed by atoms with Crippen LogP contribution >= 0.6 is 0 Å².